The molecule has 1 saturated heterocycles. The van der Waals surface area contributed by atoms with E-state index in [2.05, 4.69) is 42.9 Å². The lowest BCUT2D eigenvalue weighted by molar-refractivity contribution is 0.0651. The molecular weight excluding hydrogens is 198 g/mol. The highest BCUT2D eigenvalue weighted by molar-refractivity contribution is 4.82. The van der Waals surface area contributed by atoms with Gasteiger partial charge in [0.05, 0.1) is 0 Å². The van der Waals surface area contributed by atoms with E-state index in [0.29, 0.717) is 0 Å². The second-order valence-corrected chi connectivity index (χ2v) is 5.03. The predicted octanol–water partition coefficient (Wildman–Crippen LogP) is 1.40. The number of nitrogens with one attached hydrogen (secondary N) is 1. The molecule has 2 unspecified atom stereocenters. The minimum atomic E-state index is 0.724. The van der Waals surface area contributed by atoms with Gasteiger partial charge in [-0.05, 0) is 39.9 Å². The van der Waals surface area contributed by atoms with Crippen LogP contribution in [0.5, 0.6) is 0 Å². The average molecular weight is 227 g/mol. The van der Waals surface area contributed by atoms with Gasteiger partial charge in [0.2, 0.25) is 0 Å². The molecule has 0 radical (unpaired) electrons. The van der Waals surface area contributed by atoms with Gasteiger partial charge in [0, 0.05) is 31.7 Å². The maximum Gasteiger partial charge on any atom is 0.0218 e. The van der Waals surface area contributed by atoms with Gasteiger partial charge in [0.15, 0.2) is 0 Å². The third-order valence-corrected chi connectivity index (χ3v) is 3.89. The number of hydrogen-bond acceptors (Lipinski definition) is 3. The van der Waals surface area contributed by atoms with Crippen LogP contribution < -0.4 is 5.32 Å². The third-order valence-electron chi connectivity index (χ3n) is 3.89. The Morgan fingerprint density at radius 2 is 2.06 bits per heavy atom. The van der Waals surface area contributed by atoms with Gasteiger partial charge in [0.25, 0.3) is 0 Å². The predicted molar refractivity (Wildman–Crippen MR) is 70.9 cm³/mol. The molecule has 0 aromatic rings. The minimum absolute atomic E-state index is 0.724. The fourth-order valence-electron chi connectivity index (χ4n) is 2.48. The molecule has 3 heteroatoms. The van der Waals surface area contributed by atoms with Crippen LogP contribution in [0.2, 0.25) is 0 Å². The highest BCUT2D eigenvalue weighted by atomic mass is 15.3. The molecule has 2 atom stereocenters. The van der Waals surface area contributed by atoms with Crippen LogP contribution in [-0.2, 0) is 0 Å². The van der Waals surface area contributed by atoms with Crippen molar-refractivity contribution in [3.8, 4) is 0 Å². The van der Waals surface area contributed by atoms with Crippen molar-refractivity contribution in [1.82, 2.24) is 15.1 Å². The monoisotopic (exact) mass is 227 g/mol. The Balaban J connectivity index is 2.30. The second kappa shape index (κ2) is 7.25. The SMILES string of the molecule is CCNCCC(C)N1CCN(C)C(CC)C1. The van der Waals surface area contributed by atoms with Crippen molar-refractivity contribution in [3.63, 3.8) is 0 Å². The zero-order chi connectivity index (χ0) is 12.0. The first-order valence-electron chi connectivity index (χ1n) is 6.84. The molecule has 3 nitrogen and oxygen atoms in total. The van der Waals surface area contributed by atoms with Crippen LogP contribution >= 0.6 is 0 Å². The lowest BCUT2D eigenvalue weighted by Gasteiger charge is -2.42. The third kappa shape index (κ3) is 4.04. The van der Waals surface area contributed by atoms with E-state index in [0.717, 1.165) is 25.2 Å². The smallest absolute Gasteiger partial charge is 0.0218 e. The van der Waals surface area contributed by atoms with Crippen molar-refractivity contribution in [2.24, 2.45) is 0 Å². The molecule has 1 aliphatic rings. The summed E-state index contributed by atoms with van der Waals surface area (Å²) in [5.41, 5.74) is 0. The fraction of sp³-hybridized carbons (Fsp3) is 1.00. The van der Waals surface area contributed by atoms with Gasteiger partial charge in [-0.15, -0.1) is 0 Å². The normalized spacial score (nSPS) is 25.9. The van der Waals surface area contributed by atoms with E-state index in [4.69, 9.17) is 0 Å². The van der Waals surface area contributed by atoms with Gasteiger partial charge >= 0.3 is 0 Å². The van der Waals surface area contributed by atoms with Crippen LogP contribution in [0, 0.1) is 0 Å². The molecule has 16 heavy (non-hydrogen) atoms. The highest BCUT2D eigenvalue weighted by Crippen LogP contribution is 2.14. The summed E-state index contributed by atoms with van der Waals surface area (Å²) in [4.78, 5) is 5.17. The molecule has 1 rings (SSSR count). The van der Waals surface area contributed by atoms with Gasteiger partial charge in [-0.3, -0.25) is 4.90 Å². The Hall–Kier alpha value is -0.120. The number of nitrogens with zero attached hydrogens (tertiary/aromatic N) is 2. The van der Waals surface area contributed by atoms with Gasteiger partial charge in [-0.1, -0.05) is 13.8 Å². The molecule has 0 aliphatic carbocycles. The van der Waals surface area contributed by atoms with Crippen LogP contribution in [0.3, 0.4) is 0 Å². The maximum atomic E-state index is 3.42. The van der Waals surface area contributed by atoms with E-state index in [1.807, 2.05) is 0 Å². The molecule has 0 aromatic heterocycles. The number of likely N-dealkylation sites (N-methyl/N-ethyl adjacent to an activating group) is 1. The van der Waals surface area contributed by atoms with Crippen molar-refractivity contribution in [2.75, 3.05) is 39.8 Å². The van der Waals surface area contributed by atoms with Crippen molar-refractivity contribution in [1.29, 1.82) is 0 Å². The van der Waals surface area contributed by atoms with E-state index < -0.39 is 0 Å². The molecule has 0 amide bonds. The summed E-state index contributed by atoms with van der Waals surface area (Å²) < 4.78 is 0. The largest absolute Gasteiger partial charge is 0.317 e. The Morgan fingerprint density at radius 1 is 1.31 bits per heavy atom. The van der Waals surface area contributed by atoms with E-state index in [9.17, 15) is 0 Å². The summed E-state index contributed by atoms with van der Waals surface area (Å²) in [6.07, 6.45) is 2.54. The average Bonchev–Trinajstić information content (AvgIpc) is 2.30. The first-order chi connectivity index (χ1) is 7.69. The van der Waals surface area contributed by atoms with E-state index >= 15 is 0 Å². The zero-order valence-corrected chi connectivity index (χ0v) is 11.5. The lowest BCUT2D eigenvalue weighted by Crippen LogP contribution is -2.54. The molecular formula is C13H29N3. The van der Waals surface area contributed by atoms with Crippen LogP contribution in [0.25, 0.3) is 0 Å². The van der Waals surface area contributed by atoms with Gasteiger partial charge in [-0.2, -0.15) is 0 Å². The minimum Gasteiger partial charge on any atom is -0.317 e. The molecule has 96 valence electrons. The van der Waals surface area contributed by atoms with Gasteiger partial charge < -0.3 is 10.2 Å². The number of hydrogen-bond donors (Lipinski definition) is 1. The van der Waals surface area contributed by atoms with E-state index in [1.54, 1.807) is 0 Å². The molecule has 0 spiro atoms. The standard InChI is InChI=1S/C13H29N3/c1-5-13-11-16(10-9-15(13)4)12(3)7-8-14-6-2/h12-14H,5-11H2,1-4H3. The first kappa shape index (κ1) is 13.9. The molecule has 1 N–H and O–H groups in total. The maximum absolute atomic E-state index is 3.42. The van der Waals surface area contributed by atoms with Gasteiger partial charge in [-0.25, -0.2) is 0 Å². The van der Waals surface area contributed by atoms with Crippen molar-refractivity contribution in [3.05, 3.63) is 0 Å². The molecule has 0 bridgehead atoms. The summed E-state index contributed by atoms with van der Waals surface area (Å²) in [6, 6.07) is 1.48. The summed E-state index contributed by atoms with van der Waals surface area (Å²) in [7, 11) is 2.26. The summed E-state index contributed by atoms with van der Waals surface area (Å²) >= 11 is 0. The highest BCUT2D eigenvalue weighted by Gasteiger charge is 2.25. The quantitative estimate of drug-likeness (QED) is 0.692. The molecule has 0 saturated carbocycles. The van der Waals surface area contributed by atoms with Crippen LogP contribution in [0.1, 0.15) is 33.6 Å². The fourth-order valence-corrected chi connectivity index (χ4v) is 2.48. The van der Waals surface area contributed by atoms with Crippen LogP contribution in [0.4, 0.5) is 0 Å². The molecule has 1 aliphatic heterocycles. The number of piperazine rings is 1. The van der Waals surface area contributed by atoms with Gasteiger partial charge in [0.1, 0.15) is 0 Å². The Kier molecular flexibility index (Phi) is 6.32. The molecule has 1 fully saturated rings. The topological polar surface area (TPSA) is 18.5 Å². The lowest BCUT2D eigenvalue weighted by atomic mass is 10.1. The van der Waals surface area contributed by atoms with Crippen molar-refractivity contribution >= 4 is 0 Å². The summed E-state index contributed by atoms with van der Waals surface area (Å²) in [5.74, 6) is 0. The zero-order valence-electron chi connectivity index (χ0n) is 11.5. The van der Waals surface area contributed by atoms with Crippen LogP contribution in [0.15, 0.2) is 0 Å². The Labute approximate surface area is 101 Å². The first-order valence-corrected chi connectivity index (χ1v) is 6.84. The van der Waals surface area contributed by atoms with E-state index in [-0.39, 0.29) is 0 Å². The van der Waals surface area contributed by atoms with E-state index in [1.165, 1.54) is 32.5 Å². The van der Waals surface area contributed by atoms with Crippen LogP contribution in [-0.4, -0.2) is 61.7 Å². The second-order valence-electron chi connectivity index (χ2n) is 5.03. The Morgan fingerprint density at radius 3 is 2.69 bits per heavy atom. The van der Waals surface area contributed by atoms with Crippen molar-refractivity contribution in [2.45, 2.75) is 45.7 Å². The van der Waals surface area contributed by atoms with Crippen molar-refractivity contribution < 1.29 is 0 Å². The Bertz CT molecular complexity index is 184. The molecule has 0 aromatic carbocycles. The molecule has 1 heterocycles. The number of rotatable bonds is 6. The summed E-state index contributed by atoms with van der Waals surface area (Å²) in [5, 5.41) is 3.42. The summed E-state index contributed by atoms with van der Waals surface area (Å²) in [6.45, 7) is 12.8.